The number of hydrogen-bond donors (Lipinski definition) is 1. The molecule has 2 aromatic rings. The molecule has 1 N–H and O–H groups in total. The molecule has 6 nitrogen and oxygen atoms in total. The van der Waals surface area contributed by atoms with Crippen LogP contribution in [0.2, 0.25) is 0 Å². The van der Waals surface area contributed by atoms with Crippen molar-refractivity contribution in [2.24, 2.45) is 16.0 Å². The lowest BCUT2D eigenvalue weighted by atomic mass is 9.86. The van der Waals surface area contributed by atoms with Gasteiger partial charge < -0.3 is 4.57 Å². The number of aliphatic imine (C=N–C) groups is 1. The minimum Gasteiger partial charge on any atom is -0.318 e. The zero-order chi connectivity index (χ0) is 24.7. The Labute approximate surface area is 211 Å². The summed E-state index contributed by atoms with van der Waals surface area (Å²) in [4.78, 5) is 17.2. The van der Waals surface area contributed by atoms with Crippen molar-refractivity contribution >= 4 is 39.8 Å². The summed E-state index contributed by atoms with van der Waals surface area (Å²) < 4.78 is 2.19. The van der Waals surface area contributed by atoms with Crippen LogP contribution < -0.4 is 0 Å². The van der Waals surface area contributed by atoms with Gasteiger partial charge in [0.15, 0.2) is 5.84 Å². The first-order chi connectivity index (χ1) is 16.8. The van der Waals surface area contributed by atoms with Crippen molar-refractivity contribution < 1.29 is 4.79 Å². The van der Waals surface area contributed by atoms with E-state index in [-0.39, 0.29) is 17.3 Å². The number of benzene rings is 1. The van der Waals surface area contributed by atoms with E-state index in [2.05, 4.69) is 59.7 Å². The van der Waals surface area contributed by atoms with Crippen molar-refractivity contribution in [1.29, 1.82) is 5.41 Å². The van der Waals surface area contributed by atoms with E-state index in [1.165, 1.54) is 60.0 Å². The van der Waals surface area contributed by atoms with Gasteiger partial charge >= 0.3 is 0 Å². The van der Waals surface area contributed by atoms with Gasteiger partial charge in [0.25, 0.3) is 5.91 Å². The first kappa shape index (κ1) is 23.8. The van der Waals surface area contributed by atoms with Crippen LogP contribution in [0.1, 0.15) is 73.0 Å². The zero-order valence-electron chi connectivity index (χ0n) is 21.0. The van der Waals surface area contributed by atoms with Gasteiger partial charge in [-0.3, -0.25) is 10.2 Å². The summed E-state index contributed by atoms with van der Waals surface area (Å²) in [7, 11) is 0. The van der Waals surface area contributed by atoms with Crippen molar-refractivity contribution in [2.75, 3.05) is 0 Å². The van der Waals surface area contributed by atoms with Gasteiger partial charge in [-0.25, -0.2) is 0 Å². The van der Waals surface area contributed by atoms with E-state index < -0.39 is 0 Å². The molecule has 0 saturated heterocycles. The predicted molar refractivity (Wildman–Crippen MR) is 146 cm³/mol. The minimum atomic E-state index is -0.367. The number of carbonyl (C=O) groups excluding carboxylic acids is 1. The molecule has 0 atom stereocenters. The lowest BCUT2D eigenvalue weighted by molar-refractivity contribution is -0.114. The Bertz CT molecular complexity index is 1290. The number of fused-ring (bicyclic) bond motifs is 1. The van der Waals surface area contributed by atoms with Crippen LogP contribution in [0.5, 0.6) is 0 Å². The highest BCUT2D eigenvalue weighted by molar-refractivity contribution is 8.26. The Hall–Kier alpha value is -2.93. The number of rotatable bonds is 5. The molecule has 2 aliphatic heterocycles. The predicted octanol–water partition coefficient (Wildman–Crippen LogP) is 6.69. The standard InChI is InChI=1S/C28H33N5OS/c1-17-10-12-23(14-18(17)2)32-19(3)15-22(20(32)4)16-24-26(29)33-28(30-27(24)34)35-25(31-33)13-11-21-8-6-5-7-9-21/h10,12,14-16,21,29H,5-9,11,13H2,1-4H3. The number of thioether (sulfide) groups is 1. The van der Waals surface area contributed by atoms with Crippen LogP contribution in [0.25, 0.3) is 11.8 Å². The number of amides is 1. The van der Waals surface area contributed by atoms with E-state index in [4.69, 9.17) is 5.41 Å². The van der Waals surface area contributed by atoms with Crippen LogP contribution in [-0.4, -0.2) is 31.5 Å². The Morgan fingerprint density at radius 1 is 1.09 bits per heavy atom. The largest absolute Gasteiger partial charge is 0.318 e. The van der Waals surface area contributed by atoms with Gasteiger partial charge in [-0.15, -0.1) is 0 Å². The smallest absolute Gasteiger partial charge is 0.283 e. The number of nitrogens with zero attached hydrogens (tertiary/aromatic N) is 4. The van der Waals surface area contributed by atoms with Gasteiger partial charge in [-0.1, -0.05) is 38.2 Å². The SMILES string of the molecule is Cc1ccc(-n2c(C)cc(C=C3C(=N)N4N=C(CCC5CCCCC5)SC4=NC3=O)c2C)cc1C. The quantitative estimate of drug-likeness (QED) is 0.477. The van der Waals surface area contributed by atoms with Crippen LogP contribution in [-0.2, 0) is 4.79 Å². The molecule has 182 valence electrons. The minimum absolute atomic E-state index is 0.108. The fourth-order valence-electron chi connectivity index (χ4n) is 5.29. The summed E-state index contributed by atoms with van der Waals surface area (Å²) >= 11 is 1.44. The summed E-state index contributed by atoms with van der Waals surface area (Å²) in [6.07, 6.45) is 10.5. The number of carbonyl (C=O) groups is 1. The van der Waals surface area contributed by atoms with Crippen LogP contribution in [0, 0.1) is 39.0 Å². The van der Waals surface area contributed by atoms with Gasteiger partial charge in [0.2, 0.25) is 5.17 Å². The van der Waals surface area contributed by atoms with Crippen molar-refractivity contribution in [1.82, 2.24) is 9.58 Å². The van der Waals surface area contributed by atoms with E-state index in [1.54, 1.807) is 6.08 Å². The van der Waals surface area contributed by atoms with Gasteiger partial charge in [-0.05, 0) is 99.2 Å². The third kappa shape index (κ3) is 4.66. The first-order valence-corrected chi connectivity index (χ1v) is 13.4. The molecule has 0 radical (unpaired) electrons. The Balaban J connectivity index is 1.38. The van der Waals surface area contributed by atoms with E-state index >= 15 is 0 Å². The van der Waals surface area contributed by atoms with Gasteiger partial charge in [-0.2, -0.15) is 15.1 Å². The number of aromatic nitrogens is 1. The van der Waals surface area contributed by atoms with Crippen molar-refractivity contribution in [3.05, 3.63) is 57.9 Å². The zero-order valence-corrected chi connectivity index (χ0v) is 21.8. The van der Waals surface area contributed by atoms with E-state index in [0.29, 0.717) is 5.17 Å². The maximum Gasteiger partial charge on any atom is 0.283 e. The molecule has 1 aromatic carbocycles. The highest BCUT2D eigenvalue weighted by atomic mass is 32.2. The molecule has 1 aliphatic carbocycles. The summed E-state index contributed by atoms with van der Waals surface area (Å²) in [5.41, 5.74) is 6.91. The summed E-state index contributed by atoms with van der Waals surface area (Å²) in [6, 6.07) is 8.50. The summed E-state index contributed by atoms with van der Waals surface area (Å²) in [6.45, 7) is 8.34. The Morgan fingerprint density at radius 2 is 1.86 bits per heavy atom. The first-order valence-electron chi connectivity index (χ1n) is 12.6. The molecule has 35 heavy (non-hydrogen) atoms. The highest BCUT2D eigenvalue weighted by Crippen LogP contribution is 2.33. The van der Waals surface area contributed by atoms with E-state index in [1.807, 2.05) is 6.92 Å². The highest BCUT2D eigenvalue weighted by Gasteiger charge is 2.35. The Morgan fingerprint density at radius 3 is 2.60 bits per heavy atom. The molecule has 0 spiro atoms. The number of hydrazone groups is 1. The van der Waals surface area contributed by atoms with Crippen LogP contribution in [0.15, 0.2) is 39.9 Å². The normalized spacial score (nSPS) is 19.9. The number of hydrogen-bond acceptors (Lipinski definition) is 4. The lowest BCUT2D eigenvalue weighted by Gasteiger charge is -2.20. The maximum atomic E-state index is 12.9. The van der Waals surface area contributed by atoms with Crippen LogP contribution in [0.3, 0.4) is 0 Å². The van der Waals surface area contributed by atoms with Crippen molar-refractivity contribution in [2.45, 2.75) is 72.6 Å². The number of amidine groups is 2. The fraction of sp³-hybridized carbons (Fsp3) is 0.429. The molecule has 1 aromatic heterocycles. The average molecular weight is 488 g/mol. The van der Waals surface area contributed by atoms with Gasteiger partial charge in [0.1, 0.15) is 5.04 Å². The second kappa shape index (κ2) is 9.61. The van der Waals surface area contributed by atoms with E-state index in [9.17, 15) is 4.79 Å². The molecular weight excluding hydrogens is 454 g/mol. The summed E-state index contributed by atoms with van der Waals surface area (Å²) in [5.74, 6) is 0.514. The fourth-order valence-corrected chi connectivity index (χ4v) is 6.19. The number of aryl methyl sites for hydroxylation is 3. The monoisotopic (exact) mass is 487 g/mol. The second-order valence-electron chi connectivity index (χ2n) is 9.99. The topological polar surface area (TPSA) is 73.8 Å². The molecule has 1 amide bonds. The third-order valence-electron chi connectivity index (χ3n) is 7.51. The molecule has 0 unspecified atom stereocenters. The summed E-state index contributed by atoms with van der Waals surface area (Å²) in [5, 5.41) is 16.4. The molecule has 7 heteroatoms. The average Bonchev–Trinajstić information content (AvgIpc) is 3.37. The molecular formula is C28H33N5OS. The molecule has 1 fully saturated rings. The van der Waals surface area contributed by atoms with Crippen molar-refractivity contribution in [3.8, 4) is 5.69 Å². The van der Waals surface area contributed by atoms with Crippen molar-refractivity contribution in [3.63, 3.8) is 0 Å². The second-order valence-corrected chi connectivity index (χ2v) is 11.0. The molecule has 3 heterocycles. The van der Waals surface area contributed by atoms with E-state index in [0.717, 1.165) is 46.4 Å². The van der Waals surface area contributed by atoms with Gasteiger partial charge in [0, 0.05) is 17.1 Å². The molecule has 1 saturated carbocycles. The lowest BCUT2D eigenvalue weighted by Crippen LogP contribution is -2.35. The van der Waals surface area contributed by atoms with Crippen LogP contribution >= 0.6 is 11.8 Å². The molecule has 3 aliphatic rings. The molecule has 0 bridgehead atoms. The van der Waals surface area contributed by atoms with Gasteiger partial charge in [0.05, 0.1) is 5.57 Å². The number of nitrogens with one attached hydrogen (secondary N) is 1. The molecule has 5 rings (SSSR count). The Kier molecular flexibility index (Phi) is 6.53. The maximum absolute atomic E-state index is 12.9. The third-order valence-corrected chi connectivity index (χ3v) is 8.47. The van der Waals surface area contributed by atoms with Crippen LogP contribution in [0.4, 0.5) is 0 Å².